The van der Waals surface area contributed by atoms with Gasteiger partial charge < -0.3 is 29.1 Å². The van der Waals surface area contributed by atoms with Crippen LogP contribution in [-0.2, 0) is 20.8 Å². The Morgan fingerprint density at radius 2 is 1.79 bits per heavy atom. The molecule has 5 atom stereocenters. The molecule has 10 heteroatoms. The van der Waals surface area contributed by atoms with E-state index in [0.29, 0.717) is 16.9 Å². The van der Waals surface area contributed by atoms with Crippen molar-refractivity contribution in [2.24, 2.45) is 5.92 Å². The van der Waals surface area contributed by atoms with Crippen LogP contribution in [-0.4, -0.2) is 62.4 Å². The summed E-state index contributed by atoms with van der Waals surface area (Å²) < 4.78 is 17.9. The van der Waals surface area contributed by atoms with Gasteiger partial charge in [-0.05, 0) is 23.3 Å². The van der Waals surface area contributed by atoms with Gasteiger partial charge in [-0.25, -0.2) is 0 Å². The highest BCUT2D eigenvalue weighted by atomic mass is 16.6. The lowest BCUT2D eigenvalue weighted by atomic mass is 9.70. The largest absolute Gasteiger partial charge is 0.481 e. The molecule has 1 saturated carbocycles. The van der Waals surface area contributed by atoms with Crippen molar-refractivity contribution >= 4 is 5.91 Å². The fraction of sp³-hybridized carbons (Fsp3) is 0.345. The lowest BCUT2D eigenvalue weighted by molar-refractivity contribution is -0.143. The van der Waals surface area contributed by atoms with Crippen molar-refractivity contribution < 1.29 is 28.9 Å². The van der Waals surface area contributed by atoms with Crippen LogP contribution in [0.15, 0.2) is 60.7 Å². The van der Waals surface area contributed by atoms with Gasteiger partial charge in [0.05, 0.1) is 50.5 Å². The number of amides is 1. The Kier molecular flexibility index (Phi) is 6.68. The number of fused-ring (bicyclic) bond motifs is 3. The van der Waals surface area contributed by atoms with Gasteiger partial charge in [-0.3, -0.25) is 4.79 Å². The number of pyridine rings is 1. The van der Waals surface area contributed by atoms with E-state index in [1.165, 1.54) is 26.2 Å². The molecule has 5 rings (SSSR count). The molecule has 202 valence electrons. The maximum Gasteiger partial charge on any atom is 0.227 e. The number of methoxy groups -OCH3 is 2. The summed E-state index contributed by atoms with van der Waals surface area (Å²) >= 11 is 0. The number of hydrogen-bond acceptors (Lipinski definition) is 9. The monoisotopic (exact) mass is 530 g/mol. The number of aromatic nitrogens is 1. The van der Waals surface area contributed by atoms with Crippen LogP contribution in [0.5, 0.6) is 17.5 Å². The van der Waals surface area contributed by atoms with Crippen LogP contribution >= 0.6 is 0 Å². The first-order chi connectivity index (χ1) is 18.8. The highest BCUT2D eigenvalue weighted by molar-refractivity contribution is 5.83. The number of carbonyl (C=O) groups excluding carboxylic acids is 1. The summed E-state index contributed by atoms with van der Waals surface area (Å²) in [7, 11) is 7.69. The highest BCUT2D eigenvalue weighted by Crippen LogP contribution is 2.70. The van der Waals surface area contributed by atoms with E-state index in [4.69, 9.17) is 19.0 Å². The Bertz CT molecular complexity index is 1420. The Labute approximate surface area is 226 Å². The molecular weight excluding hydrogens is 500 g/mol. The molecule has 2 aliphatic rings. The topological polar surface area (TPSA) is 126 Å². The Morgan fingerprint density at radius 3 is 2.36 bits per heavy atom. The smallest absolute Gasteiger partial charge is 0.227 e. The minimum Gasteiger partial charge on any atom is -0.481 e. The summed E-state index contributed by atoms with van der Waals surface area (Å²) in [5.74, 6) is -1.19. The SMILES string of the molecule is CON[C@@H]1[C@H](C(=O)N(C)C)[C@@H](c2ccccc2)[C@]2(c3ccc(C#N)cc3)Oc3cc(OC)nc(OC)c3[C@]12O. The maximum atomic E-state index is 14.0. The number of nitrogens with one attached hydrogen (secondary N) is 1. The first-order valence-electron chi connectivity index (χ1n) is 12.4. The average molecular weight is 531 g/mol. The van der Waals surface area contributed by atoms with E-state index < -0.39 is 29.1 Å². The van der Waals surface area contributed by atoms with Gasteiger partial charge in [0.25, 0.3) is 0 Å². The van der Waals surface area contributed by atoms with Gasteiger partial charge >= 0.3 is 0 Å². The molecule has 39 heavy (non-hydrogen) atoms. The number of aliphatic hydroxyl groups is 1. The fourth-order valence-corrected chi connectivity index (χ4v) is 6.21. The fourth-order valence-electron chi connectivity index (χ4n) is 6.21. The van der Waals surface area contributed by atoms with Crippen LogP contribution in [0.3, 0.4) is 0 Å². The standard InChI is InChI=1S/C29H30N4O6/c1-33(2)27(34)22-23(18-9-7-6-8-10-18)29(19-13-11-17(16-30)12-14-19)28(35,25(22)32-38-5)24-20(39-29)15-21(36-3)31-26(24)37-4/h6-15,22-23,25,32,35H,1-5H3/t22-,23-,25-,28+,29+/m1/s1. The van der Waals surface area contributed by atoms with Gasteiger partial charge in [-0.1, -0.05) is 42.5 Å². The number of nitriles is 1. The number of hydroxylamine groups is 1. The number of carbonyl (C=O) groups is 1. The molecular formula is C29H30N4O6. The molecule has 1 fully saturated rings. The summed E-state index contributed by atoms with van der Waals surface area (Å²) in [6, 6.07) is 19.0. The van der Waals surface area contributed by atoms with E-state index in [0.717, 1.165) is 5.56 Å². The summed E-state index contributed by atoms with van der Waals surface area (Å²) in [6.45, 7) is 0. The van der Waals surface area contributed by atoms with Gasteiger partial charge in [-0.2, -0.15) is 15.7 Å². The lowest BCUT2D eigenvalue weighted by Gasteiger charge is -2.41. The second-order valence-electron chi connectivity index (χ2n) is 9.79. The molecule has 0 saturated heterocycles. The minimum absolute atomic E-state index is 0.0926. The van der Waals surface area contributed by atoms with E-state index >= 15 is 0 Å². The summed E-state index contributed by atoms with van der Waals surface area (Å²) in [5, 5.41) is 22.6. The van der Waals surface area contributed by atoms with Crippen LogP contribution in [0.1, 0.15) is 28.2 Å². The van der Waals surface area contributed by atoms with E-state index in [1.54, 1.807) is 44.4 Å². The first kappa shape index (κ1) is 26.4. The van der Waals surface area contributed by atoms with Gasteiger partial charge in [0.15, 0.2) is 11.2 Å². The molecule has 3 aromatic rings. The van der Waals surface area contributed by atoms with Gasteiger partial charge in [0.1, 0.15) is 5.75 Å². The second kappa shape index (κ2) is 9.85. The number of rotatable bonds is 7. The molecule has 1 amide bonds. The number of nitrogens with zero attached hydrogens (tertiary/aromatic N) is 3. The van der Waals surface area contributed by atoms with Crippen molar-refractivity contribution in [1.29, 1.82) is 5.26 Å². The second-order valence-corrected chi connectivity index (χ2v) is 9.79. The molecule has 1 aliphatic carbocycles. The van der Waals surface area contributed by atoms with Crippen molar-refractivity contribution in [3.63, 3.8) is 0 Å². The quantitative estimate of drug-likeness (QED) is 0.443. The Balaban J connectivity index is 1.93. The lowest BCUT2D eigenvalue weighted by Crippen LogP contribution is -2.56. The highest BCUT2D eigenvalue weighted by Gasteiger charge is 2.78. The predicted molar refractivity (Wildman–Crippen MR) is 140 cm³/mol. The zero-order chi connectivity index (χ0) is 27.9. The van der Waals surface area contributed by atoms with E-state index in [1.807, 2.05) is 30.3 Å². The third-order valence-corrected chi connectivity index (χ3v) is 7.73. The van der Waals surface area contributed by atoms with Crippen LogP contribution in [0, 0.1) is 17.2 Å². The molecule has 0 spiro atoms. The van der Waals surface area contributed by atoms with Crippen molar-refractivity contribution in [3.8, 4) is 23.6 Å². The number of hydrogen-bond donors (Lipinski definition) is 2. The Morgan fingerprint density at radius 1 is 1.10 bits per heavy atom. The van der Waals surface area contributed by atoms with Gasteiger partial charge in [0.2, 0.25) is 17.7 Å². The van der Waals surface area contributed by atoms with Crippen molar-refractivity contribution in [2.45, 2.75) is 23.2 Å². The van der Waals surface area contributed by atoms with Crippen LogP contribution in [0.25, 0.3) is 0 Å². The van der Waals surface area contributed by atoms with E-state index in [9.17, 15) is 15.2 Å². The molecule has 1 aliphatic heterocycles. The third kappa shape index (κ3) is 3.66. The predicted octanol–water partition coefficient (Wildman–Crippen LogP) is 2.47. The molecule has 10 nitrogen and oxygen atoms in total. The molecule has 0 bridgehead atoms. The molecule has 2 heterocycles. The molecule has 1 aromatic heterocycles. The van der Waals surface area contributed by atoms with E-state index in [2.05, 4.69) is 16.5 Å². The van der Waals surface area contributed by atoms with Gasteiger partial charge in [-0.15, -0.1) is 0 Å². The van der Waals surface area contributed by atoms with Crippen LogP contribution in [0.2, 0.25) is 0 Å². The van der Waals surface area contributed by atoms with E-state index in [-0.39, 0.29) is 23.2 Å². The number of ether oxygens (including phenoxy) is 3. The van der Waals surface area contributed by atoms with Crippen LogP contribution in [0.4, 0.5) is 0 Å². The third-order valence-electron chi connectivity index (χ3n) is 7.73. The molecule has 0 unspecified atom stereocenters. The zero-order valence-corrected chi connectivity index (χ0v) is 22.3. The molecule has 0 radical (unpaired) electrons. The summed E-state index contributed by atoms with van der Waals surface area (Å²) in [5.41, 5.74) is 1.47. The number of benzene rings is 2. The summed E-state index contributed by atoms with van der Waals surface area (Å²) in [4.78, 5) is 25.3. The Hall–Kier alpha value is -4.17. The van der Waals surface area contributed by atoms with Gasteiger partial charge in [0, 0.05) is 26.1 Å². The molecule has 2 N–H and O–H groups in total. The molecule has 2 aromatic carbocycles. The zero-order valence-electron chi connectivity index (χ0n) is 22.3. The minimum atomic E-state index is -1.94. The maximum absolute atomic E-state index is 14.0. The van der Waals surface area contributed by atoms with Crippen molar-refractivity contribution in [1.82, 2.24) is 15.4 Å². The first-order valence-corrected chi connectivity index (χ1v) is 12.4. The van der Waals surface area contributed by atoms with Crippen molar-refractivity contribution in [3.05, 3.63) is 82.9 Å². The normalized spacial score (nSPS) is 26.6. The van der Waals surface area contributed by atoms with Crippen molar-refractivity contribution in [2.75, 3.05) is 35.4 Å². The average Bonchev–Trinajstić information content (AvgIpc) is 3.35. The summed E-state index contributed by atoms with van der Waals surface area (Å²) in [6.07, 6.45) is 0. The van der Waals surface area contributed by atoms with Crippen LogP contribution < -0.4 is 19.7 Å².